The number of allylic oxidation sites excluding steroid dienone is 16. The van der Waals surface area contributed by atoms with Crippen LogP contribution >= 0.6 is 0 Å². The number of aliphatic hydroxyl groups is 8. The van der Waals surface area contributed by atoms with Gasteiger partial charge in [-0.15, -0.1) is 0 Å². The van der Waals surface area contributed by atoms with E-state index in [2.05, 4.69) is 116 Å². The van der Waals surface area contributed by atoms with E-state index in [1.165, 1.54) is 173 Å². The normalized spacial score (nSPS) is 22.8. The Balaban J connectivity index is 1.64. The zero-order chi connectivity index (χ0) is 69.4. The van der Waals surface area contributed by atoms with E-state index >= 15 is 0 Å². The molecular weight excluding hydrogens is 1210 g/mol. The topological polar surface area (TPSA) is 228 Å². The Morgan fingerprint density at radius 3 is 1.10 bits per heavy atom. The highest BCUT2D eigenvalue weighted by molar-refractivity contribution is 5.76. The third-order valence-corrected chi connectivity index (χ3v) is 18.8. The lowest BCUT2D eigenvalue weighted by Gasteiger charge is -2.46. The van der Waals surface area contributed by atoms with Crippen LogP contribution in [0.25, 0.3) is 0 Å². The molecule has 12 unspecified atom stereocenters. The smallest absolute Gasteiger partial charge is 0.220 e. The predicted octanol–water partition coefficient (Wildman–Crippen LogP) is 17.7. The summed E-state index contributed by atoms with van der Waals surface area (Å²) in [5.74, 6) is -0.221. The number of nitrogens with one attached hydrogen (secondary N) is 1. The van der Waals surface area contributed by atoms with Gasteiger partial charge in [-0.3, -0.25) is 4.79 Å². The van der Waals surface area contributed by atoms with Crippen molar-refractivity contribution < 1.29 is 64.6 Å². The number of ether oxygens (including phenoxy) is 4. The molecule has 0 aromatic carbocycles. The lowest BCUT2D eigenvalue weighted by molar-refractivity contribution is -0.359. The van der Waals surface area contributed by atoms with Gasteiger partial charge in [0.05, 0.1) is 32.0 Å². The molecule has 2 saturated heterocycles. The number of amides is 1. The average Bonchev–Trinajstić information content (AvgIpc) is 0.797. The Morgan fingerprint density at radius 1 is 0.385 bits per heavy atom. The number of aliphatic hydroxyl groups excluding tert-OH is 8. The van der Waals surface area contributed by atoms with Crippen LogP contribution in [-0.2, 0) is 23.7 Å². The van der Waals surface area contributed by atoms with E-state index in [4.69, 9.17) is 18.9 Å². The van der Waals surface area contributed by atoms with Crippen LogP contribution < -0.4 is 5.32 Å². The third kappa shape index (κ3) is 47.9. The van der Waals surface area contributed by atoms with Gasteiger partial charge in [0.15, 0.2) is 12.6 Å². The predicted molar refractivity (Wildman–Crippen MR) is 396 cm³/mol. The van der Waals surface area contributed by atoms with Gasteiger partial charge in [0, 0.05) is 6.42 Å². The largest absolute Gasteiger partial charge is 0.394 e. The summed E-state index contributed by atoms with van der Waals surface area (Å²) in [5.41, 5.74) is 0. The first-order valence-corrected chi connectivity index (χ1v) is 39.5. The fraction of sp³-hybridized carbons (Fsp3) is 0.793. The SMILES string of the molecule is CC/C=C\C/C=C\C/C=C\C/C=C\C/C=C\C/C=C\C/C=C\C/C=C\CCCCCCCCC(=O)NC(COC1OC(CO)C(OC2OC(CO)C(O)C(O)C2O)C(O)C1O)C(O)CCCCCCCCCCCCCCCCCCCCCCCCCCCCCCCCC. The molecule has 0 saturated carbocycles. The van der Waals surface area contributed by atoms with Gasteiger partial charge in [0.25, 0.3) is 0 Å². The van der Waals surface area contributed by atoms with Crippen LogP contribution in [0.4, 0.5) is 0 Å². The standard InChI is InChI=1S/C82H145NO13/c1-3-5-7-9-11-13-15-17-19-21-23-25-27-29-31-33-35-37-39-41-43-45-47-49-51-53-55-57-59-61-63-65-71(86)70(69-93-81-79(92)77(90)80(73(68-85)95-81)96-82-78(91)76(89)75(88)72(67-84)94-82)83-74(87)66-64-62-60-58-56-54-52-50-48-46-44-42-40-38-36-34-32-30-28-26-24-22-20-18-16-14-12-10-8-6-4-2/h6,8,12,14,18,20,24,26,30,32,36,38,42,44,48,50,70-73,75-82,84-86,88-92H,3-5,7,9-11,13,15-17,19,21-23,25,27-29,31,33-35,37,39-41,43,45-47,49,51-69H2,1-2H3,(H,83,87)/b8-6-,14-12-,20-18-,26-24-,32-30-,38-36-,44-42-,50-48-. The minimum absolute atomic E-state index is 0.221. The third-order valence-electron chi connectivity index (χ3n) is 18.8. The van der Waals surface area contributed by atoms with E-state index in [1.807, 2.05) is 0 Å². The van der Waals surface area contributed by atoms with Crippen LogP contribution in [-0.4, -0.2) is 140 Å². The van der Waals surface area contributed by atoms with Gasteiger partial charge in [-0.1, -0.05) is 336 Å². The number of carbonyl (C=O) groups excluding carboxylic acids is 1. The summed E-state index contributed by atoms with van der Waals surface area (Å²) in [5, 5.41) is 87.8. The van der Waals surface area contributed by atoms with Gasteiger partial charge in [-0.05, 0) is 77.0 Å². The minimum atomic E-state index is -1.79. The number of hydrogen-bond donors (Lipinski definition) is 9. The molecule has 2 aliphatic heterocycles. The molecular formula is C82H145NO13. The number of unbranched alkanes of at least 4 members (excludes halogenated alkanes) is 36. The molecule has 9 N–H and O–H groups in total. The molecule has 0 spiro atoms. The molecule has 0 radical (unpaired) electrons. The summed E-state index contributed by atoms with van der Waals surface area (Å²) in [6, 6.07) is -0.847. The van der Waals surface area contributed by atoms with E-state index in [-0.39, 0.29) is 18.9 Å². The minimum Gasteiger partial charge on any atom is -0.394 e. The van der Waals surface area contributed by atoms with Gasteiger partial charge in [0.2, 0.25) is 5.91 Å². The van der Waals surface area contributed by atoms with Crippen LogP contribution in [0.5, 0.6) is 0 Å². The molecule has 2 fully saturated rings. The molecule has 2 heterocycles. The summed E-state index contributed by atoms with van der Waals surface area (Å²) in [7, 11) is 0. The molecule has 0 bridgehead atoms. The second kappa shape index (κ2) is 65.2. The van der Waals surface area contributed by atoms with E-state index in [0.29, 0.717) is 12.8 Å². The van der Waals surface area contributed by atoms with E-state index in [0.717, 1.165) is 116 Å². The van der Waals surface area contributed by atoms with Crippen LogP contribution in [0.1, 0.15) is 322 Å². The molecule has 14 nitrogen and oxygen atoms in total. The highest BCUT2D eigenvalue weighted by Gasteiger charge is 2.51. The Kier molecular flexibility index (Phi) is 60.5. The number of carbonyl (C=O) groups is 1. The van der Waals surface area contributed by atoms with Gasteiger partial charge in [-0.2, -0.15) is 0 Å². The van der Waals surface area contributed by atoms with E-state index in [9.17, 15) is 45.6 Å². The van der Waals surface area contributed by atoms with Crippen molar-refractivity contribution in [2.75, 3.05) is 19.8 Å². The maximum Gasteiger partial charge on any atom is 0.220 e. The first-order chi connectivity index (χ1) is 47.1. The maximum atomic E-state index is 13.4. The van der Waals surface area contributed by atoms with Crippen molar-refractivity contribution in [3.8, 4) is 0 Å². The molecule has 0 aromatic heterocycles. The van der Waals surface area contributed by atoms with Gasteiger partial charge in [-0.25, -0.2) is 0 Å². The van der Waals surface area contributed by atoms with Crippen molar-refractivity contribution in [2.45, 2.75) is 396 Å². The van der Waals surface area contributed by atoms with Gasteiger partial charge in [0.1, 0.15) is 48.8 Å². The molecule has 556 valence electrons. The molecule has 1 amide bonds. The summed E-state index contributed by atoms with van der Waals surface area (Å²) < 4.78 is 23.0. The Bertz CT molecular complexity index is 1980. The maximum absolute atomic E-state index is 13.4. The van der Waals surface area contributed by atoms with Crippen molar-refractivity contribution in [3.63, 3.8) is 0 Å². The second-order valence-corrected chi connectivity index (χ2v) is 27.5. The summed E-state index contributed by atoms with van der Waals surface area (Å²) in [6.07, 6.45) is 75.8. The van der Waals surface area contributed by atoms with Crippen molar-refractivity contribution in [1.29, 1.82) is 0 Å². The second-order valence-electron chi connectivity index (χ2n) is 27.5. The van der Waals surface area contributed by atoms with E-state index in [1.54, 1.807) is 0 Å². The van der Waals surface area contributed by atoms with Gasteiger partial charge < -0.3 is 65.1 Å². The monoisotopic (exact) mass is 1350 g/mol. The van der Waals surface area contributed by atoms with Crippen molar-refractivity contribution in [2.24, 2.45) is 0 Å². The highest BCUT2D eigenvalue weighted by atomic mass is 16.7. The molecule has 12 atom stereocenters. The fourth-order valence-electron chi connectivity index (χ4n) is 12.6. The average molecular weight is 1350 g/mol. The van der Waals surface area contributed by atoms with Crippen LogP contribution in [0.3, 0.4) is 0 Å². The zero-order valence-electron chi connectivity index (χ0n) is 60.8. The van der Waals surface area contributed by atoms with Crippen LogP contribution in [0, 0.1) is 0 Å². The summed E-state index contributed by atoms with van der Waals surface area (Å²) in [4.78, 5) is 13.4. The quantitative estimate of drug-likeness (QED) is 0.0204. The number of rotatable bonds is 65. The van der Waals surface area contributed by atoms with Crippen molar-refractivity contribution in [3.05, 3.63) is 97.2 Å². The van der Waals surface area contributed by atoms with Gasteiger partial charge >= 0.3 is 0 Å². The van der Waals surface area contributed by atoms with E-state index < -0.39 is 86.8 Å². The molecule has 2 rings (SSSR count). The Hall–Kier alpha value is -3.09. The van der Waals surface area contributed by atoms with Crippen molar-refractivity contribution in [1.82, 2.24) is 5.32 Å². The number of hydrogen-bond acceptors (Lipinski definition) is 13. The van der Waals surface area contributed by atoms with Crippen LogP contribution in [0.2, 0.25) is 0 Å². The Labute approximate surface area is 585 Å². The molecule has 2 aliphatic rings. The lowest BCUT2D eigenvalue weighted by atomic mass is 9.97. The molecule has 96 heavy (non-hydrogen) atoms. The fourth-order valence-corrected chi connectivity index (χ4v) is 12.6. The lowest BCUT2D eigenvalue weighted by Crippen LogP contribution is -2.65. The summed E-state index contributed by atoms with van der Waals surface area (Å²) in [6.45, 7) is 2.77. The molecule has 0 aromatic rings. The zero-order valence-corrected chi connectivity index (χ0v) is 60.8. The molecule has 14 heteroatoms. The first-order valence-electron chi connectivity index (χ1n) is 39.5. The highest BCUT2D eigenvalue weighted by Crippen LogP contribution is 2.30. The molecule has 0 aliphatic carbocycles. The first kappa shape index (κ1) is 89.0. The Morgan fingerprint density at radius 2 is 0.719 bits per heavy atom. The summed E-state index contributed by atoms with van der Waals surface area (Å²) >= 11 is 0. The van der Waals surface area contributed by atoms with Crippen molar-refractivity contribution >= 4 is 5.91 Å². The van der Waals surface area contributed by atoms with Crippen LogP contribution in [0.15, 0.2) is 97.2 Å².